The van der Waals surface area contributed by atoms with Gasteiger partial charge in [-0.1, -0.05) is 19.6 Å². The van der Waals surface area contributed by atoms with Gasteiger partial charge in [-0.05, 0) is 70.9 Å². The Bertz CT molecular complexity index is 1620. The zero-order valence-corrected chi connectivity index (χ0v) is 32.0. The van der Waals surface area contributed by atoms with Crippen LogP contribution in [0.3, 0.4) is 0 Å². The standard InChI is InChI=1S/C39H56N4O10/c1-8-17-52-37(47)43-29-22-31(30(48-6)21-27(29)34(45)42-16-11-13-28(42)35(43)53-33-14-9-10-18-51-33)50-19-12-15-39(4,25-44)24-40-26-20-32(41(5)23-26)38(2,3)36(46)49-7/h8,20-23,28,33,35,40,44H,1,9-19,24-25H2,2-7H3/t28-,33?,35?,39?/m0/s1. The molecule has 5 rings (SSSR count). The molecule has 0 spiro atoms. The minimum absolute atomic E-state index is 0.0193. The highest BCUT2D eigenvalue weighted by molar-refractivity contribution is 6.06. The molecule has 0 aliphatic carbocycles. The summed E-state index contributed by atoms with van der Waals surface area (Å²) in [5.41, 5.74) is 0.889. The quantitative estimate of drug-likeness (QED) is 0.130. The van der Waals surface area contributed by atoms with Crippen molar-refractivity contribution in [1.82, 2.24) is 9.47 Å². The van der Waals surface area contributed by atoms with E-state index in [2.05, 4.69) is 11.9 Å². The van der Waals surface area contributed by atoms with Crippen LogP contribution in [0, 0.1) is 5.41 Å². The van der Waals surface area contributed by atoms with Crippen LogP contribution in [0.1, 0.15) is 81.8 Å². The number of nitrogens with zero attached hydrogens (tertiary/aromatic N) is 3. The number of aromatic nitrogens is 1. The number of amides is 2. The molecule has 53 heavy (non-hydrogen) atoms. The van der Waals surface area contributed by atoms with E-state index < -0.39 is 35.5 Å². The highest BCUT2D eigenvalue weighted by atomic mass is 16.7. The summed E-state index contributed by atoms with van der Waals surface area (Å²) in [6, 6.07) is 4.79. The van der Waals surface area contributed by atoms with Crippen molar-refractivity contribution in [1.29, 1.82) is 0 Å². The molecule has 2 N–H and O–H groups in total. The summed E-state index contributed by atoms with van der Waals surface area (Å²) in [7, 11) is 4.77. The molecule has 14 nitrogen and oxygen atoms in total. The molecular formula is C39H56N4O10. The Morgan fingerprint density at radius 2 is 1.91 bits per heavy atom. The second-order valence-corrected chi connectivity index (χ2v) is 14.9. The smallest absolute Gasteiger partial charge is 0.416 e. The first-order chi connectivity index (χ1) is 25.4. The minimum Gasteiger partial charge on any atom is -0.493 e. The number of aliphatic hydroxyl groups excluding tert-OH is 1. The van der Waals surface area contributed by atoms with Gasteiger partial charge in [-0.15, -0.1) is 0 Å². The third kappa shape index (κ3) is 8.76. The van der Waals surface area contributed by atoms with Crippen molar-refractivity contribution >= 4 is 29.3 Å². The maximum absolute atomic E-state index is 14.1. The Hall–Kier alpha value is -4.27. The molecule has 4 heterocycles. The number of fused-ring (bicyclic) bond motifs is 2. The monoisotopic (exact) mass is 740 g/mol. The zero-order chi connectivity index (χ0) is 38.3. The van der Waals surface area contributed by atoms with Crippen LogP contribution in [0.15, 0.2) is 37.1 Å². The van der Waals surface area contributed by atoms with Crippen molar-refractivity contribution < 1.29 is 47.9 Å². The van der Waals surface area contributed by atoms with Gasteiger partial charge >= 0.3 is 12.1 Å². The SMILES string of the molecule is C=CCOC(=O)N1c2cc(OCCCC(C)(CO)CNc3cc(C(C)(C)C(=O)OC)n(C)c3)c(OC)cc2C(=O)N2CCC[C@H]2C1OC1CCCCO1. The van der Waals surface area contributed by atoms with Gasteiger partial charge in [-0.3, -0.25) is 9.59 Å². The number of aliphatic hydroxyl groups is 1. The van der Waals surface area contributed by atoms with Crippen LogP contribution in [-0.2, 0) is 36.2 Å². The number of carbonyl (C=O) groups excluding carboxylic acids is 3. The predicted molar refractivity (Wildman–Crippen MR) is 198 cm³/mol. The summed E-state index contributed by atoms with van der Waals surface area (Å²) >= 11 is 0. The van der Waals surface area contributed by atoms with Gasteiger partial charge in [0.25, 0.3) is 5.91 Å². The average Bonchev–Trinajstić information content (AvgIpc) is 3.79. The van der Waals surface area contributed by atoms with Crippen LogP contribution in [0.4, 0.5) is 16.2 Å². The third-order valence-electron chi connectivity index (χ3n) is 10.5. The number of ether oxygens (including phenoxy) is 6. The van der Waals surface area contributed by atoms with Crippen molar-refractivity contribution in [3.05, 3.63) is 48.3 Å². The number of rotatable bonds is 16. The molecule has 2 amide bonds. The van der Waals surface area contributed by atoms with Gasteiger partial charge in [0.1, 0.15) is 12.0 Å². The van der Waals surface area contributed by atoms with Crippen LogP contribution in [0.5, 0.6) is 11.5 Å². The summed E-state index contributed by atoms with van der Waals surface area (Å²) < 4.78 is 37.0. The normalized spacial score (nSPS) is 21.2. The van der Waals surface area contributed by atoms with Crippen molar-refractivity contribution in [3.63, 3.8) is 0 Å². The van der Waals surface area contributed by atoms with E-state index in [1.165, 1.54) is 25.2 Å². The lowest BCUT2D eigenvalue weighted by molar-refractivity contribution is -0.195. The van der Waals surface area contributed by atoms with E-state index in [0.29, 0.717) is 62.6 Å². The van der Waals surface area contributed by atoms with Gasteiger partial charge in [0.15, 0.2) is 24.0 Å². The maximum atomic E-state index is 14.1. The van der Waals surface area contributed by atoms with Gasteiger partial charge in [0.2, 0.25) is 0 Å². The van der Waals surface area contributed by atoms with Gasteiger partial charge < -0.3 is 48.3 Å². The molecule has 14 heteroatoms. The van der Waals surface area contributed by atoms with Gasteiger partial charge in [0.05, 0.1) is 50.4 Å². The molecule has 0 radical (unpaired) electrons. The Morgan fingerprint density at radius 1 is 1.11 bits per heavy atom. The lowest BCUT2D eigenvalue weighted by atomic mass is 9.86. The number of hydrogen-bond donors (Lipinski definition) is 2. The van der Waals surface area contributed by atoms with Crippen molar-refractivity contribution in [2.24, 2.45) is 12.5 Å². The first kappa shape index (κ1) is 39.9. The molecule has 3 unspecified atom stereocenters. The van der Waals surface area contributed by atoms with Crippen LogP contribution >= 0.6 is 0 Å². The van der Waals surface area contributed by atoms with Crippen molar-refractivity contribution in [2.75, 3.05) is 64.0 Å². The first-order valence-corrected chi connectivity index (χ1v) is 18.5. The van der Waals surface area contributed by atoms with Crippen LogP contribution in [0.25, 0.3) is 0 Å². The minimum atomic E-state index is -0.852. The van der Waals surface area contributed by atoms with E-state index in [-0.39, 0.29) is 37.3 Å². The average molecular weight is 741 g/mol. The fraction of sp³-hybridized carbons (Fsp3) is 0.615. The summed E-state index contributed by atoms with van der Waals surface area (Å²) in [4.78, 5) is 43.5. The maximum Gasteiger partial charge on any atom is 0.416 e. The molecule has 0 saturated carbocycles. The number of hydrogen-bond acceptors (Lipinski definition) is 11. The Labute approximate surface area is 312 Å². The number of benzene rings is 1. The predicted octanol–water partition coefficient (Wildman–Crippen LogP) is 5.37. The largest absolute Gasteiger partial charge is 0.493 e. The fourth-order valence-corrected chi connectivity index (χ4v) is 7.39. The van der Waals surface area contributed by atoms with Gasteiger partial charge in [0, 0.05) is 50.1 Å². The highest BCUT2D eigenvalue weighted by Gasteiger charge is 2.48. The van der Waals surface area contributed by atoms with E-state index in [4.69, 9.17) is 28.4 Å². The topological polar surface area (TPSA) is 150 Å². The molecule has 1 aromatic heterocycles. The molecule has 3 aliphatic heterocycles. The van der Waals surface area contributed by atoms with Crippen molar-refractivity contribution in [2.45, 2.75) is 89.7 Å². The molecular weight excluding hydrogens is 684 g/mol. The van der Waals surface area contributed by atoms with E-state index in [1.807, 2.05) is 44.6 Å². The first-order valence-electron chi connectivity index (χ1n) is 18.5. The Kier molecular flexibility index (Phi) is 13.0. The van der Waals surface area contributed by atoms with E-state index >= 15 is 0 Å². The zero-order valence-electron chi connectivity index (χ0n) is 32.0. The second-order valence-electron chi connectivity index (χ2n) is 14.9. The molecule has 4 atom stereocenters. The van der Waals surface area contributed by atoms with Crippen LogP contribution in [0.2, 0.25) is 0 Å². The molecule has 3 aliphatic rings. The number of carbonyl (C=O) groups is 3. The lowest BCUT2D eigenvalue weighted by Gasteiger charge is -2.38. The Morgan fingerprint density at radius 3 is 2.58 bits per heavy atom. The van der Waals surface area contributed by atoms with Crippen molar-refractivity contribution in [3.8, 4) is 11.5 Å². The molecule has 0 bridgehead atoms. The second kappa shape index (κ2) is 17.3. The number of anilines is 2. The summed E-state index contributed by atoms with van der Waals surface area (Å²) in [6.07, 6.45) is 6.52. The number of methoxy groups -OCH3 is 2. The lowest BCUT2D eigenvalue weighted by Crippen LogP contribution is -2.54. The fourth-order valence-electron chi connectivity index (χ4n) is 7.39. The van der Waals surface area contributed by atoms with Crippen LogP contribution in [-0.4, -0.2) is 105 Å². The number of aryl methyl sites for hydroxylation is 1. The summed E-state index contributed by atoms with van der Waals surface area (Å²) in [6.45, 7) is 11.1. The number of nitrogens with one attached hydrogen (secondary N) is 1. The molecule has 1 aromatic carbocycles. The van der Waals surface area contributed by atoms with E-state index in [9.17, 15) is 19.5 Å². The summed E-state index contributed by atoms with van der Waals surface area (Å²) in [5, 5.41) is 13.8. The molecule has 2 fully saturated rings. The van der Waals surface area contributed by atoms with Gasteiger partial charge in [-0.25, -0.2) is 9.69 Å². The number of esters is 1. The summed E-state index contributed by atoms with van der Waals surface area (Å²) in [5.74, 6) is 0.147. The molecule has 2 saturated heterocycles. The van der Waals surface area contributed by atoms with Gasteiger partial charge in [-0.2, -0.15) is 0 Å². The van der Waals surface area contributed by atoms with Crippen LogP contribution < -0.4 is 19.7 Å². The Balaban J connectivity index is 1.33. The third-order valence-corrected chi connectivity index (χ3v) is 10.5. The van der Waals surface area contributed by atoms with E-state index in [0.717, 1.165) is 30.6 Å². The molecule has 2 aromatic rings. The van der Waals surface area contributed by atoms with E-state index in [1.54, 1.807) is 17.0 Å². The molecule has 292 valence electrons. The highest BCUT2D eigenvalue weighted by Crippen LogP contribution is 2.43.